The lowest BCUT2D eigenvalue weighted by Crippen LogP contribution is -2.73. The minimum Gasteiger partial charge on any atom is -0.465 e. The van der Waals surface area contributed by atoms with Crippen molar-refractivity contribution in [2.24, 2.45) is 0 Å². The summed E-state index contributed by atoms with van der Waals surface area (Å²) in [6, 6.07) is 8.43. The molecule has 0 amide bonds. The Hall–Kier alpha value is -2.84. The van der Waals surface area contributed by atoms with Crippen molar-refractivity contribution in [2.45, 2.75) is 0 Å². The van der Waals surface area contributed by atoms with Gasteiger partial charge in [0.05, 0.1) is 18.4 Å². The number of hydrogen-bond donors (Lipinski definition) is 3. The smallest absolute Gasteiger partial charge is 0.338 e. The summed E-state index contributed by atoms with van der Waals surface area (Å²) in [5.41, 5.74) is 4.15. The van der Waals surface area contributed by atoms with Crippen LogP contribution in [-0.2, 0) is 4.74 Å². The molecule has 3 aromatic rings. The average molecular weight is 286 g/mol. The van der Waals surface area contributed by atoms with Crippen LogP contribution < -0.4 is 5.48 Å². The van der Waals surface area contributed by atoms with E-state index in [1.165, 1.54) is 13.2 Å². The second-order valence-corrected chi connectivity index (χ2v) is 4.33. The highest BCUT2D eigenvalue weighted by Gasteiger charge is 2.13. The maximum absolute atomic E-state index is 11.7. The summed E-state index contributed by atoms with van der Waals surface area (Å²) < 4.78 is 4.70. The van der Waals surface area contributed by atoms with Crippen molar-refractivity contribution in [3.8, 4) is 11.3 Å². The van der Waals surface area contributed by atoms with Crippen LogP contribution in [0.15, 0.2) is 30.3 Å². The van der Waals surface area contributed by atoms with Crippen LogP contribution in [0.3, 0.4) is 0 Å². The number of aromatic nitrogens is 4. The molecule has 0 aliphatic carbocycles. The predicted molar refractivity (Wildman–Crippen MR) is 71.8 cm³/mol. The molecule has 0 aliphatic heterocycles. The molecule has 3 rings (SSSR count). The molecule has 0 saturated carbocycles. The monoisotopic (exact) mass is 286 g/mol. The Bertz CT molecular complexity index is 814. The van der Waals surface area contributed by atoms with Crippen LogP contribution in [-0.4, -0.2) is 38.7 Å². The van der Waals surface area contributed by atoms with Crippen molar-refractivity contribution in [1.82, 2.24) is 20.4 Å². The molecule has 21 heavy (non-hydrogen) atoms. The Kier molecular flexibility index (Phi) is 3.30. The lowest BCUT2D eigenvalue weighted by molar-refractivity contribution is -0.825. The number of quaternary nitrogens is 1. The molecular formula is C13H12N5O3+. The maximum Gasteiger partial charge on any atom is 0.338 e. The van der Waals surface area contributed by atoms with Crippen molar-refractivity contribution in [1.29, 1.82) is 0 Å². The number of carbonyl (C=O) groups is 1. The summed E-state index contributed by atoms with van der Waals surface area (Å²) in [6.45, 7) is 0. The van der Waals surface area contributed by atoms with Gasteiger partial charge >= 0.3 is 5.97 Å². The Balaban J connectivity index is 2.13. The molecule has 0 radical (unpaired) electrons. The number of rotatable bonds is 3. The fourth-order valence-electron chi connectivity index (χ4n) is 2.01. The van der Waals surface area contributed by atoms with E-state index in [1.807, 2.05) is 0 Å². The molecule has 8 nitrogen and oxygen atoms in total. The lowest BCUT2D eigenvalue weighted by Gasteiger charge is -2.05. The number of hydrogen-bond acceptors (Lipinski definition) is 6. The zero-order valence-corrected chi connectivity index (χ0v) is 11.1. The molecule has 0 saturated heterocycles. The first-order valence-electron chi connectivity index (χ1n) is 6.10. The summed E-state index contributed by atoms with van der Waals surface area (Å²) >= 11 is 0. The number of pyridine rings is 1. The zero-order chi connectivity index (χ0) is 14.8. The van der Waals surface area contributed by atoms with Crippen molar-refractivity contribution >= 4 is 22.8 Å². The lowest BCUT2D eigenvalue weighted by atomic mass is 10.1. The minimum absolute atomic E-state index is 0.331. The average Bonchev–Trinajstić information content (AvgIpc) is 3.01. The van der Waals surface area contributed by atoms with E-state index in [0.717, 1.165) is 5.48 Å². The Labute approximate surface area is 118 Å². The van der Waals surface area contributed by atoms with Crippen LogP contribution in [0.1, 0.15) is 10.4 Å². The summed E-state index contributed by atoms with van der Waals surface area (Å²) in [4.78, 5) is 16.0. The predicted octanol–water partition coefficient (Wildman–Crippen LogP) is 0.391. The van der Waals surface area contributed by atoms with Gasteiger partial charge in [-0.2, -0.15) is 15.8 Å². The molecular weight excluding hydrogens is 274 g/mol. The van der Waals surface area contributed by atoms with Crippen molar-refractivity contribution in [2.75, 3.05) is 7.11 Å². The third-order valence-corrected chi connectivity index (χ3v) is 3.00. The van der Waals surface area contributed by atoms with Crippen LogP contribution in [0.25, 0.3) is 22.4 Å². The van der Waals surface area contributed by atoms with Gasteiger partial charge in [-0.05, 0) is 18.2 Å². The van der Waals surface area contributed by atoms with Gasteiger partial charge in [0, 0.05) is 17.7 Å². The van der Waals surface area contributed by atoms with Gasteiger partial charge in [-0.25, -0.2) is 15.0 Å². The van der Waals surface area contributed by atoms with Crippen molar-refractivity contribution in [3.63, 3.8) is 0 Å². The van der Waals surface area contributed by atoms with Crippen LogP contribution in [0.4, 0.5) is 5.69 Å². The Morgan fingerprint density at radius 1 is 1.29 bits per heavy atom. The van der Waals surface area contributed by atoms with Crippen molar-refractivity contribution in [3.05, 3.63) is 35.9 Å². The van der Waals surface area contributed by atoms with E-state index in [0.29, 0.717) is 33.7 Å². The van der Waals surface area contributed by atoms with E-state index in [9.17, 15) is 10.0 Å². The van der Waals surface area contributed by atoms with E-state index in [1.54, 1.807) is 24.3 Å². The molecule has 1 aromatic carbocycles. The number of methoxy groups -OCH3 is 1. The van der Waals surface area contributed by atoms with Crippen LogP contribution >= 0.6 is 0 Å². The number of esters is 1. The van der Waals surface area contributed by atoms with Gasteiger partial charge in [-0.15, -0.1) is 5.10 Å². The van der Waals surface area contributed by atoms with Gasteiger partial charge in [0.15, 0.2) is 5.69 Å². The molecule has 0 atom stereocenters. The van der Waals surface area contributed by atoms with Crippen LogP contribution in [0.2, 0.25) is 0 Å². The highest BCUT2D eigenvalue weighted by molar-refractivity contribution is 5.92. The van der Waals surface area contributed by atoms with E-state index in [4.69, 9.17) is 4.74 Å². The van der Waals surface area contributed by atoms with Crippen LogP contribution in [0, 0.1) is 0 Å². The number of nitrogens with zero attached hydrogens (tertiary/aromatic N) is 3. The number of H-pyrrole nitrogens is 1. The molecule has 0 unspecified atom stereocenters. The van der Waals surface area contributed by atoms with Gasteiger partial charge < -0.3 is 4.74 Å². The standard InChI is InChI=1S/C13H11N5O3/c1-21-13(19)8-4-7(5-9(6-8)17-20)10-2-3-11-12(14-10)16-18-15-11/h2-6,17,20H,1H3,(H,14,15,16,18)/p+1. The number of fused-ring (bicyclic) bond motifs is 1. The fourth-order valence-corrected chi connectivity index (χ4v) is 2.01. The second kappa shape index (κ2) is 5.27. The number of nitrogens with two attached hydrogens (primary N) is 1. The topological polar surface area (TPSA) is 118 Å². The Morgan fingerprint density at radius 2 is 2.14 bits per heavy atom. The highest BCUT2D eigenvalue weighted by Crippen LogP contribution is 2.23. The van der Waals surface area contributed by atoms with E-state index in [2.05, 4.69) is 20.4 Å². The molecule has 106 valence electrons. The van der Waals surface area contributed by atoms with E-state index >= 15 is 0 Å². The molecule has 4 N–H and O–H groups in total. The van der Waals surface area contributed by atoms with Gasteiger partial charge in [0.1, 0.15) is 5.52 Å². The summed E-state index contributed by atoms with van der Waals surface area (Å²) in [6.07, 6.45) is 0. The quantitative estimate of drug-likeness (QED) is 0.364. The molecule has 0 fully saturated rings. The molecule has 2 heterocycles. The first-order chi connectivity index (χ1) is 10.2. The largest absolute Gasteiger partial charge is 0.465 e. The zero-order valence-electron chi connectivity index (χ0n) is 11.1. The number of aromatic amines is 1. The van der Waals surface area contributed by atoms with Gasteiger partial charge in [0.25, 0.3) is 0 Å². The first-order valence-corrected chi connectivity index (χ1v) is 6.10. The molecule has 8 heteroatoms. The molecule has 2 aromatic heterocycles. The SMILES string of the molecule is COC(=O)c1cc([NH2+]O)cc(-c2ccc3n[nH]nc3n2)c1. The third kappa shape index (κ3) is 2.45. The molecule has 0 bridgehead atoms. The van der Waals surface area contributed by atoms with Crippen LogP contribution in [0.5, 0.6) is 0 Å². The highest BCUT2D eigenvalue weighted by atomic mass is 16.5. The third-order valence-electron chi connectivity index (χ3n) is 3.00. The normalized spacial score (nSPS) is 10.8. The number of carbonyl (C=O) groups excluding carboxylic acids is 1. The number of ether oxygens (including phenoxy) is 1. The summed E-state index contributed by atoms with van der Waals surface area (Å²) in [5, 5.41) is 19.5. The van der Waals surface area contributed by atoms with E-state index < -0.39 is 5.97 Å². The number of benzene rings is 1. The van der Waals surface area contributed by atoms with Gasteiger partial charge in [-0.1, -0.05) is 0 Å². The number of nitrogens with one attached hydrogen (secondary N) is 1. The second-order valence-electron chi connectivity index (χ2n) is 4.33. The summed E-state index contributed by atoms with van der Waals surface area (Å²) in [5.74, 6) is -0.484. The van der Waals surface area contributed by atoms with Gasteiger partial charge in [-0.3, -0.25) is 0 Å². The summed E-state index contributed by atoms with van der Waals surface area (Å²) in [7, 11) is 1.30. The van der Waals surface area contributed by atoms with Crippen molar-refractivity contribution < 1.29 is 20.2 Å². The Morgan fingerprint density at radius 3 is 2.90 bits per heavy atom. The minimum atomic E-state index is -0.484. The molecule has 0 spiro atoms. The molecule has 0 aliphatic rings. The first kappa shape index (κ1) is 13.2. The maximum atomic E-state index is 11.7. The van der Waals surface area contributed by atoms with E-state index in [-0.39, 0.29) is 0 Å². The fraction of sp³-hybridized carbons (Fsp3) is 0.0769. The van der Waals surface area contributed by atoms with Gasteiger partial charge in [0.2, 0.25) is 5.65 Å².